The molecule has 0 aliphatic heterocycles. The standard InChI is InChI=1S/2C10H14O.2CH3.Sn/c2*1-10(2,3)8-6-4-5-7-9(8)11;;;/h2*4-7,11H,1-3H3;2*1H3;/q;;;;+2/p-2. The van der Waals surface area contributed by atoms with Crippen molar-refractivity contribution in [3.8, 4) is 11.5 Å². The second kappa shape index (κ2) is 7.22. The van der Waals surface area contributed by atoms with Crippen LogP contribution in [0.5, 0.6) is 11.5 Å². The first kappa shape index (κ1) is 20.2. The van der Waals surface area contributed by atoms with Gasteiger partial charge < -0.3 is 0 Å². The summed E-state index contributed by atoms with van der Waals surface area (Å²) in [6.07, 6.45) is 0. The molecule has 0 atom stereocenters. The molecular formula is C22H32O2Sn. The van der Waals surface area contributed by atoms with E-state index < -0.39 is 19.2 Å². The third-order valence-electron chi connectivity index (χ3n) is 4.10. The van der Waals surface area contributed by atoms with Crippen LogP contribution in [0.3, 0.4) is 0 Å². The fourth-order valence-corrected chi connectivity index (χ4v) is 7.06. The van der Waals surface area contributed by atoms with E-state index in [-0.39, 0.29) is 10.8 Å². The van der Waals surface area contributed by atoms with Gasteiger partial charge in [0.05, 0.1) is 0 Å². The van der Waals surface area contributed by atoms with Gasteiger partial charge in [-0.05, 0) is 0 Å². The van der Waals surface area contributed by atoms with E-state index in [0.717, 1.165) is 11.5 Å². The van der Waals surface area contributed by atoms with Crippen molar-refractivity contribution < 1.29 is 6.15 Å². The van der Waals surface area contributed by atoms with Gasteiger partial charge >= 0.3 is 159 Å². The first-order valence-corrected chi connectivity index (χ1v) is 17.0. The van der Waals surface area contributed by atoms with Crippen molar-refractivity contribution in [3.05, 3.63) is 59.7 Å². The van der Waals surface area contributed by atoms with E-state index >= 15 is 0 Å². The Bertz CT molecular complexity index is 660. The van der Waals surface area contributed by atoms with Crippen molar-refractivity contribution in [1.29, 1.82) is 0 Å². The van der Waals surface area contributed by atoms with Crippen LogP contribution in [0.2, 0.25) is 9.88 Å². The molecule has 0 unspecified atom stereocenters. The molecule has 2 rings (SSSR count). The van der Waals surface area contributed by atoms with Crippen LogP contribution >= 0.6 is 0 Å². The van der Waals surface area contributed by atoms with Crippen molar-refractivity contribution in [2.75, 3.05) is 0 Å². The number of hydrogen-bond donors (Lipinski definition) is 0. The van der Waals surface area contributed by atoms with E-state index in [1.165, 1.54) is 11.1 Å². The van der Waals surface area contributed by atoms with Crippen molar-refractivity contribution >= 4 is 19.2 Å². The van der Waals surface area contributed by atoms with Crippen LogP contribution in [-0.2, 0) is 10.8 Å². The molecule has 2 aromatic rings. The van der Waals surface area contributed by atoms with Gasteiger partial charge in [-0.15, -0.1) is 0 Å². The second-order valence-corrected chi connectivity index (χ2v) is 18.3. The third-order valence-corrected chi connectivity index (χ3v) is 8.16. The zero-order valence-corrected chi connectivity index (χ0v) is 19.8. The van der Waals surface area contributed by atoms with Gasteiger partial charge in [-0.2, -0.15) is 0 Å². The van der Waals surface area contributed by atoms with Crippen LogP contribution in [-0.4, -0.2) is 19.2 Å². The topological polar surface area (TPSA) is 18.5 Å². The molecule has 0 bridgehead atoms. The monoisotopic (exact) mass is 448 g/mol. The number of para-hydroxylation sites is 2. The van der Waals surface area contributed by atoms with Crippen molar-refractivity contribution in [1.82, 2.24) is 0 Å². The molecule has 3 heteroatoms. The van der Waals surface area contributed by atoms with Crippen molar-refractivity contribution in [2.45, 2.75) is 62.3 Å². The van der Waals surface area contributed by atoms with Gasteiger partial charge in [0.2, 0.25) is 0 Å². The second-order valence-electron chi connectivity index (χ2n) is 9.10. The van der Waals surface area contributed by atoms with E-state index in [1.54, 1.807) is 0 Å². The van der Waals surface area contributed by atoms with Gasteiger partial charge in [-0.25, -0.2) is 0 Å². The average Bonchev–Trinajstić information content (AvgIpc) is 2.45. The quantitative estimate of drug-likeness (QED) is 0.503. The summed E-state index contributed by atoms with van der Waals surface area (Å²) in [6.45, 7) is 13.3. The number of rotatable bonds is 4. The molecule has 0 fully saturated rings. The molecule has 0 radical (unpaired) electrons. The Morgan fingerprint density at radius 1 is 0.600 bits per heavy atom. The minimum absolute atomic E-state index is 0.0435. The summed E-state index contributed by atoms with van der Waals surface area (Å²) >= 11 is -3.24. The van der Waals surface area contributed by atoms with Gasteiger partial charge in [-0.1, -0.05) is 0 Å². The molecule has 0 N–H and O–H groups in total. The predicted molar refractivity (Wildman–Crippen MR) is 109 cm³/mol. The van der Waals surface area contributed by atoms with E-state index in [0.29, 0.717) is 0 Å². The molecule has 0 aliphatic carbocycles. The Morgan fingerprint density at radius 2 is 0.920 bits per heavy atom. The fourth-order valence-electron chi connectivity index (χ4n) is 2.90. The normalized spacial score (nSPS) is 12.8. The Morgan fingerprint density at radius 3 is 1.24 bits per heavy atom. The SMILES string of the molecule is CC(C)(C)c1ccccc1[O][Sn]([CH3])([CH3])[O]c1ccccc1C(C)(C)C. The molecular weight excluding hydrogens is 415 g/mol. The zero-order chi connectivity index (χ0) is 18.9. The van der Waals surface area contributed by atoms with E-state index in [2.05, 4.69) is 87.8 Å². The van der Waals surface area contributed by atoms with Crippen LogP contribution in [0.1, 0.15) is 52.7 Å². The zero-order valence-electron chi connectivity index (χ0n) is 16.9. The van der Waals surface area contributed by atoms with E-state index in [9.17, 15) is 0 Å². The van der Waals surface area contributed by atoms with Crippen LogP contribution in [0.25, 0.3) is 0 Å². The predicted octanol–water partition coefficient (Wildman–Crippen LogP) is 6.44. The molecule has 0 aliphatic rings. The van der Waals surface area contributed by atoms with Crippen molar-refractivity contribution in [2.24, 2.45) is 0 Å². The minimum atomic E-state index is -3.24. The molecule has 2 nitrogen and oxygen atoms in total. The summed E-state index contributed by atoms with van der Waals surface area (Å²) in [4.78, 5) is 4.35. The molecule has 25 heavy (non-hydrogen) atoms. The summed E-state index contributed by atoms with van der Waals surface area (Å²) in [6, 6.07) is 16.7. The molecule has 0 amide bonds. The van der Waals surface area contributed by atoms with Gasteiger partial charge in [-0.3, -0.25) is 0 Å². The first-order chi connectivity index (χ1) is 11.4. The number of hydrogen-bond acceptors (Lipinski definition) is 2. The van der Waals surface area contributed by atoms with Crippen LogP contribution in [0, 0.1) is 0 Å². The summed E-state index contributed by atoms with van der Waals surface area (Å²) in [5.41, 5.74) is 2.55. The average molecular weight is 447 g/mol. The first-order valence-electron chi connectivity index (χ1n) is 8.97. The maximum atomic E-state index is 6.52. The van der Waals surface area contributed by atoms with Crippen LogP contribution < -0.4 is 6.15 Å². The fraction of sp³-hybridized carbons (Fsp3) is 0.455. The Kier molecular flexibility index (Phi) is 5.82. The molecule has 0 saturated carbocycles. The summed E-state index contributed by atoms with van der Waals surface area (Å²) in [5, 5.41) is 0. The van der Waals surface area contributed by atoms with Gasteiger partial charge in [0.25, 0.3) is 0 Å². The Hall–Kier alpha value is -1.16. The van der Waals surface area contributed by atoms with E-state index in [1.807, 2.05) is 12.1 Å². The van der Waals surface area contributed by atoms with Gasteiger partial charge in [0.1, 0.15) is 0 Å². The van der Waals surface area contributed by atoms with Gasteiger partial charge in [0, 0.05) is 0 Å². The van der Waals surface area contributed by atoms with Crippen molar-refractivity contribution in [3.63, 3.8) is 0 Å². The Labute approximate surface area is 158 Å². The van der Waals surface area contributed by atoms with Crippen LogP contribution in [0.4, 0.5) is 0 Å². The third kappa shape index (κ3) is 5.40. The molecule has 0 saturated heterocycles. The van der Waals surface area contributed by atoms with Crippen LogP contribution in [0.15, 0.2) is 48.5 Å². The molecule has 0 spiro atoms. The van der Waals surface area contributed by atoms with E-state index in [4.69, 9.17) is 6.15 Å². The number of benzene rings is 2. The molecule has 136 valence electrons. The molecule has 0 heterocycles. The summed E-state index contributed by atoms with van der Waals surface area (Å²) in [7, 11) is 0. The Balaban J connectivity index is 2.31. The summed E-state index contributed by atoms with van der Waals surface area (Å²) in [5.74, 6) is 1.92. The summed E-state index contributed by atoms with van der Waals surface area (Å²) < 4.78 is 13.0. The molecule has 0 aromatic heterocycles. The maximum absolute atomic E-state index is 6.52. The molecule has 2 aromatic carbocycles. The van der Waals surface area contributed by atoms with Gasteiger partial charge in [0.15, 0.2) is 0 Å².